The predicted octanol–water partition coefficient (Wildman–Crippen LogP) is 3.55. The van der Waals surface area contributed by atoms with Gasteiger partial charge < -0.3 is 24.4 Å². The maximum atomic E-state index is 12.2. The van der Waals surface area contributed by atoms with Crippen LogP contribution in [0.3, 0.4) is 0 Å². The van der Waals surface area contributed by atoms with Crippen molar-refractivity contribution in [2.24, 2.45) is 0 Å². The van der Waals surface area contributed by atoms with E-state index in [1.807, 2.05) is 35.0 Å². The van der Waals surface area contributed by atoms with E-state index in [0.29, 0.717) is 19.6 Å². The third-order valence-corrected chi connectivity index (χ3v) is 6.42. The van der Waals surface area contributed by atoms with Crippen LogP contribution in [-0.4, -0.2) is 46.5 Å². The van der Waals surface area contributed by atoms with Crippen LogP contribution in [0, 0.1) is 0 Å². The smallest absolute Gasteiger partial charge is 0.242 e. The number of aromatic nitrogens is 2. The molecular formula is C29H29N5O3. The minimum Gasteiger partial charge on any atom is -0.497 e. The average molecular weight is 496 g/mol. The second-order valence-corrected chi connectivity index (χ2v) is 9.04. The molecule has 2 heterocycles. The Labute approximate surface area is 216 Å². The first-order valence-corrected chi connectivity index (χ1v) is 12.2. The van der Waals surface area contributed by atoms with Crippen molar-refractivity contribution in [3.05, 3.63) is 108 Å². The van der Waals surface area contributed by atoms with Gasteiger partial charge in [-0.15, -0.1) is 0 Å². The SMILES string of the molecule is COc1cccc(CN(Cc2ccc(-n3ccnc3)cc2)c2ccc(CN3CC(=O)NCC3=O)cc2)c1. The van der Waals surface area contributed by atoms with Crippen molar-refractivity contribution >= 4 is 17.5 Å². The summed E-state index contributed by atoms with van der Waals surface area (Å²) in [5, 5.41) is 2.59. The van der Waals surface area contributed by atoms with E-state index in [0.717, 1.165) is 28.3 Å². The number of ether oxygens (including phenoxy) is 1. The number of amides is 2. The zero-order chi connectivity index (χ0) is 25.6. The number of methoxy groups -OCH3 is 1. The number of benzene rings is 3. The molecule has 0 aliphatic carbocycles. The van der Waals surface area contributed by atoms with E-state index < -0.39 is 0 Å². The normalized spacial score (nSPS) is 13.4. The first-order chi connectivity index (χ1) is 18.1. The molecule has 4 aromatic rings. The van der Waals surface area contributed by atoms with Gasteiger partial charge in [-0.1, -0.05) is 36.4 Å². The van der Waals surface area contributed by atoms with E-state index in [4.69, 9.17) is 4.74 Å². The molecule has 1 aliphatic rings. The molecule has 5 rings (SSSR count). The Morgan fingerprint density at radius 2 is 1.70 bits per heavy atom. The van der Waals surface area contributed by atoms with Crippen LogP contribution in [0.5, 0.6) is 5.75 Å². The highest BCUT2D eigenvalue weighted by atomic mass is 16.5. The number of hydrogen-bond acceptors (Lipinski definition) is 5. The third-order valence-electron chi connectivity index (χ3n) is 6.42. The quantitative estimate of drug-likeness (QED) is 0.384. The number of piperazine rings is 1. The molecule has 1 fully saturated rings. The molecule has 0 atom stereocenters. The van der Waals surface area contributed by atoms with Crippen LogP contribution >= 0.6 is 0 Å². The van der Waals surface area contributed by atoms with Crippen LogP contribution in [0.2, 0.25) is 0 Å². The Bertz CT molecular complexity index is 1350. The molecule has 3 aromatic carbocycles. The average Bonchev–Trinajstić information content (AvgIpc) is 3.47. The molecule has 0 unspecified atom stereocenters. The summed E-state index contributed by atoms with van der Waals surface area (Å²) in [5.74, 6) is 0.634. The lowest BCUT2D eigenvalue weighted by Gasteiger charge is -2.28. The van der Waals surface area contributed by atoms with Crippen LogP contribution in [0.25, 0.3) is 5.69 Å². The molecule has 8 heteroatoms. The molecule has 37 heavy (non-hydrogen) atoms. The van der Waals surface area contributed by atoms with E-state index in [9.17, 15) is 9.59 Å². The number of imidazole rings is 1. The minimum atomic E-state index is -0.125. The zero-order valence-corrected chi connectivity index (χ0v) is 20.7. The molecule has 0 radical (unpaired) electrons. The highest BCUT2D eigenvalue weighted by molar-refractivity contribution is 5.92. The van der Waals surface area contributed by atoms with E-state index in [1.54, 1.807) is 24.5 Å². The number of carbonyl (C=O) groups excluding carboxylic acids is 2. The lowest BCUT2D eigenvalue weighted by atomic mass is 10.1. The molecule has 188 valence electrons. The van der Waals surface area contributed by atoms with Crippen LogP contribution in [-0.2, 0) is 29.2 Å². The van der Waals surface area contributed by atoms with Crippen molar-refractivity contribution < 1.29 is 14.3 Å². The molecule has 0 spiro atoms. The molecule has 1 saturated heterocycles. The predicted molar refractivity (Wildman–Crippen MR) is 141 cm³/mol. The summed E-state index contributed by atoms with van der Waals surface area (Å²) in [7, 11) is 1.67. The molecule has 2 amide bonds. The van der Waals surface area contributed by atoms with Crippen LogP contribution in [0.4, 0.5) is 5.69 Å². The van der Waals surface area contributed by atoms with Gasteiger partial charge in [-0.05, 0) is 53.1 Å². The van der Waals surface area contributed by atoms with Crippen molar-refractivity contribution in [3.8, 4) is 11.4 Å². The van der Waals surface area contributed by atoms with Crippen LogP contribution in [0.15, 0.2) is 91.5 Å². The number of nitrogens with one attached hydrogen (secondary N) is 1. The summed E-state index contributed by atoms with van der Waals surface area (Å²) >= 11 is 0. The first-order valence-electron chi connectivity index (χ1n) is 12.2. The van der Waals surface area contributed by atoms with Gasteiger partial charge in [0.25, 0.3) is 0 Å². The van der Waals surface area contributed by atoms with Crippen molar-refractivity contribution in [1.82, 2.24) is 19.8 Å². The minimum absolute atomic E-state index is 0.0604. The maximum Gasteiger partial charge on any atom is 0.242 e. The van der Waals surface area contributed by atoms with Gasteiger partial charge in [0, 0.05) is 43.4 Å². The zero-order valence-electron chi connectivity index (χ0n) is 20.7. The van der Waals surface area contributed by atoms with Crippen LogP contribution < -0.4 is 15.0 Å². The fourth-order valence-corrected chi connectivity index (χ4v) is 4.42. The Hall–Kier alpha value is -4.59. The molecular weight excluding hydrogens is 466 g/mol. The maximum absolute atomic E-state index is 12.2. The lowest BCUT2D eigenvalue weighted by Crippen LogP contribution is -2.50. The van der Waals surface area contributed by atoms with Gasteiger partial charge in [0.1, 0.15) is 5.75 Å². The van der Waals surface area contributed by atoms with E-state index in [2.05, 4.69) is 63.7 Å². The third kappa shape index (κ3) is 5.98. The van der Waals surface area contributed by atoms with Gasteiger partial charge in [0.15, 0.2) is 0 Å². The molecule has 0 bridgehead atoms. The number of hydrogen-bond donors (Lipinski definition) is 1. The molecule has 0 saturated carbocycles. The van der Waals surface area contributed by atoms with Gasteiger partial charge in [0.05, 0.1) is 26.5 Å². The first kappa shape index (κ1) is 24.1. The van der Waals surface area contributed by atoms with Gasteiger partial charge >= 0.3 is 0 Å². The van der Waals surface area contributed by atoms with Crippen molar-refractivity contribution in [2.75, 3.05) is 25.1 Å². The van der Waals surface area contributed by atoms with Gasteiger partial charge in [-0.25, -0.2) is 4.98 Å². The summed E-state index contributed by atoms with van der Waals surface area (Å²) in [6.07, 6.45) is 5.48. The van der Waals surface area contributed by atoms with Gasteiger partial charge in [0.2, 0.25) is 11.8 Å². The van der Waals surface area contributed by atoms with Gasteiger partial charge in [-0.3, -0.25) is 9.59 Å². The lowest BCUT2D eigenvalue weighted by molar-refractivity contribution is -0.141. The number of anilines is 1. The second kappa shape index (κ2) is 11.0. The van der Waals surface area contributed by atoms with E-state index in [-0.39, 0.29) is 24.9 Å². The number of rotatable bonds is 9. The monoisotopic (exact) mass is 495 g/mol. The summed E-state index contributed by atoms with van der Waals surface area (Å²) in [5.41, 5.74) is 5.43. The second-order valence-electron chi connectivity index (χ2n) is 9.04. The summed E-state index contributed by atoms with van der Waals surface area (Å²) < 4.78 is 7.41. The summed E-state index contributed by atoms with van der Waals surface area (Å²) in [6, 6.07) is 24.7. The summed E-state index contributed by atoms with van der Waals surface area (Å²) in [6.45, 7) is 1.98. The fourth-order valence-electron chi connectivity index (χ4n) is 4.42. The van der Waals surface area contributed by atoms with Crippen molar-refractivity contribution in [3.63, 3.8) is 0 Å². The number of carbonyl (C=O) groups is 2. The summed E-state index contributed by atoms with van der Waals surface area (Å²) in [4.78, 5) is 31.9. The van der Waals surface area contributed by atoms with E-state index in [1.165, 1.54) is 5.56 Å². The Balaban J connectivity index is 1.36. The Morgan fingerprint density at radius 1 is 0.946 bits per heavy atom. The fraction of sp³-hybridized carbons (Fsp3) is 0.207. The Morgan fingerprint density at radius 3 is 2.43 bits per heavy atom. The molecule has 1 N–H and O–H groups in total. The van der Waals surface area contributed by atoms with Gasteiger partial charge in [-0.2, -0.15) is 0 Å². The number of nitrogens with zero attached hydrogens (tertiary/aromatic N) is 4. The van der Waals surface area contributed by atoms with Crippen molar-refractivity contribution in [2.45, 2.75) is 19.6 Å². The van der Waals surface area contributed by atoms with E-state index >= 15 is 0 Å². The topological polar surface area (TPSA) is 79.7 Å². The Kier molecular flexibility index (Phi) is 7.16. The largest absolute Gasteiger partial charge is 0.497 e. The van der Waals surface area contributed by atoms with Crippen molar-refractivity contribution in [1.29, 1.82) is 0 Å². The molecule has 1 aliphatic heterocycles. The highest BCUT2D eigenvalue weighted by Gasteiger charge is 2.23. The highest BCUT2D eigenvalue weighted by Crippen LogP contribution is 2.24. The standard InChI is InChI=1S/C29H29N5O3/c1-37-27-4-2-3-24(15-27)19-33(17-22-5-9-25(10-6-22)32-14-13-30-21-32)26-11-7-23(8-12-26)18-34-20-28(35)31-16-29(34)36/h2-15,21H,16-20H2,1H3,(H,31,35). The van der Waals surface area contributed by atoms with Crippen LogP contribution in [0.1, 0.15) is 16.7 Å². The molecule has 8 nitrogen and oxygen atoms in total. The molecule has 1 aromatic heterocycles.